The van der Waals surface area contributed by atoms with Crippen LogP contribution < -0.4 is 15.8 Å². The Hall–Kier alpha value is -2.30. The van der Waals surface area contributed by atoms with Crippen molar-refractivity contribution in [1.82, 2.24) is 9.97 Å². The molecule has 0 saturated carbocycles. The lowest BCUT2D eigenvalue weighted by molar-refractivity contribution is 0.242. The van der Waals surface area contributed by atoms with Crippen LogP contribution in [0.3, 0.4) is 0 Å². The van der Waals surface area contributed by atoms with E-state index in [1.165, 1.54) is 0 Å². The predicted octanol–water partition coefficient (Wildman–Crippen LogP) is 2.90. The van der Waals surface area contributed by atoms with Crippen molar-refractivity contribution in [3.05, 3.63) is 36.0 Å². The summed E-state index contributed by atoms with van der Waals surface area (Å²) >= 11 is 0. The summed E-state index contributed by atoms with van der Waals surface area (Å²) in [5, 5.41) is 3.21. The number of nitrogens with two attached hydrogens (primary N) is 1. The summed E-state index contributed by atoms with van der Waals surface area (Å²) in [6, 6.07) is 7.72. The molecule has 2 aromatic rings. The predicted molar refractivity (Wildman–Crippen MR) is 76.7 cm³/mol. The summed E-state index contributed by atoms with van der Waals surface area (Å²) in [4.78, 5) is 8.10. The Labute approximate surface area is 112 Å². The highest BCUT2D eigenvalue weighted by molar-refractivity contribution is 5.60. The van der Waals surface area contributed by atoms with Crippen LogP contribution in [0.15, 0.2) is 30.5 Å². The minimum atomic E-state index is 0.169. The minimum Gasteiger partial charge on any atom is -0.491 e. The van der Waals surface area contributed by atoms with Gasteiger partial charge in [-0.05, 0) is 45.0 Å². The normalized spacial score (nSPS) is 10.5. The summed E-state index contributed by atoms with van der Waals surface area (Å²) in [6.07, 6.45) is 1.86. The first-order chi connectivity index (χ1) is 9.04. The molecule has 0 aliphatic rings. The third-order valence-electron chi connectivity index (χ3n) is 2.48. The van der Waals surface area contributed by atoms with Crippen LogP contribution in [-0.4, -0.2) is 16.1 Å². The number of anilines is 3. The Morgan fingerprint density at radius 2 is 1.89 bits per heavy atom. The second kappa shape index (κ2) is 5.56. The zero-order valence-electron chi connectivity index (χ0n) is 11.3. The standard InChI is InChI=1S/C14H18N4O/c1-9(2)19-12-6-4-11(5-7-12)17-13-10(3)8-16-14(15)18-13/h4-9H,1-3H3,(H3,15,16,17,18). The molecule has 0 saturated heterocycles. The van der Waals surface area contributed by atoms with Gasteiger partial charge in [0.25, 0.3) is 0 Å². The lowest BCUT2D eigenvalue weighted by Crippen LogP contribution is -2.05. The molecule has 100 valence electrons. The molecule has 0 bridgehead atoms. The van der Waals surface area contributed by atoms with Crippen LogP contribution in [0, 0.1) is 6.92 Å². The van der Waals surface area contributed by atoms with E-state index >= 15 is 0 Å². The van der Waals surface area contributed by atoms with Crippen molar-refractivity contribution in [3.63, 3.8) is 0 Å². The fourth-order valence-electron chi connectivity index (χ4n) is 1.61. The van der Waals surface area contributed by atoms with Crippen LogP contribution in [0.4, 0.5) is 17.5 Å². The molecule has 0 aliphatic heterocycles. The van der Waals surface area contributed by atoms with Gasteiger partial charge >= 0.3 is 0 Å². The highest BCUT2D eigenvalue weighted by Gasteiger charge is 2.03. The maximum Gasteiger partial charge on any atom is 0.221 e. The molecule has 5 heteroatoms. The zero-order valence-corrected chi connectivity index (χ0v) is 11.3. The van der Waals surface area contributed by atoms with E-state index in [4.69, 9.17) is 10.5 Å². The summed E-state index contributed by atoms with van der Waals surface area (Å²) in [5.41, 5.74) is 7.45. The third-order valence-corrected chi connectivity index (χ3v) is 2.48. The van der Waals surface area contributed by atoms with Crippen molar-refractivity contribution >= 4 is 17.5 Å². The first-order valence-corrected chi connectivity index (χ1v) is 6.17. The Balaban J connectivity index is 2.13. The molecule has 0 atom stereocenters. The number of aryl methyl sites for hydroxylation is 1. The van der Waals surface area contributed by atoms with Crippen LogP contribution in [0.5, 0.6) is 5.75 Å². The highest BCUT2D eigenvalue weighted by Crippen LogP contribution is 2.21. The fraction of sp³-hybridized carbons (Fsp3) is 0.286. The summed E-state index contributed by atoms with van der Waals surface area (Å²) in [7, 11) is 0. The number of hydrogen-bond donors (Lipinski definition) is 2. The molecule has 1 heterocycles. The van der Waals surface area contributed by atoms with E-state index in [1.807, 2.05) is 45.0 Å². The first-order valence-electron chi connectivity index (χ1n) is 6.17. The van der Waals surface area contributed by atoms with Crippen molar-refractivity contribution in [2.24, 2.45) is 0 Å². The molecular formula is C14H18N4O. The molecule has 0 fully saturated rings. The van der Waals surface area contributed by atoms with E-state index in [2.05, 4.69) is 15.3 Å². The minimum absolute atomic E-state index is 0.169. The Morgan fingerprint density at radius 1 is 1.21 bits per heavy atom. The van der Waals surface area contributed by atoms with Gasteiger partial charge in [0.1, 0.15) is 11.6 Å². The van der Waals surface area contributed by atoms with Crippen LogP contribution in [0.25, 0.3) is 0 Å². The third kappa shape index (κ3) is 3.58. The van der Waals surface area contributed by atoms with Crippen molar-refractivity contribution in [2.75, 3.05) is 11.1 Å². The number of hydrogen-bond acceptors (Lipinski definition) is 5. The van der Waals surface area contributed by atoms with Gasteiger partial charge in [-0.25, -0.2) is 4.98 Å². The molecule has 0 radical (unpaired) electrons. The molecule has 5 nitrogen and oxygen atoms in total. The van der Waals surface area contributed by atoms with Crippen molar-refractivity contribution in [2.45, 2.75) is 26.9 Å². The Bertz CT molecular complexity index is 552. The molecule has 1 aromatic carbocycles. The number of nitrogens with zero attached hydrogens (tertiary/aromatic N) is 2. The van der Waals surface area contributed by atoms with Crippen LogP contribution in [0.1, 0.15) is 19.4 Å². The van der Waals surface area contributed by atoms with Crippen molar-refractivity contribution in [1.29, 1.82) is 0 Å². The van der Waals surface area contributed by atoms with Crippen LogP contribution in [0.2, 0.25) is 0 Å². The van der Waals surface area contributed by atoms with Gasteiger partial charge in [0, 0.05) is 17.4 Å². The molecule has 19 heavy (non-hydrogen) atoms. The molecule has 0 amide bonds. The van der Waals surface area contributed by atoms with Gasteiger partial charge in [-0.15, -0.1) is 0 Å². The fourth-order valence-corrected chi connectivity index (χ4v) is 1.61. The van der Waals surface area contributed by atoms with Crippen LogP contribution in [-0.2, 0) is 0 Å². The van der Waals surface area contributed by atoms with Crippen molar-refractivity contribution in [3.8, 4) is 5.75 Å². The van der Waals surface area contributed by atoms with E-state index in [-0.39, 0.29) is 12.1 Å². The molecule has 1 aromatic heterocycles. The summed E-state index contributed by atoms with van der Waals surface area (Å²) in [6.45, 7) is 5.93. The quantitative estimate of drug-likeness (QED) is 0.882. The average molecular weight is 258 g/mol. The smallest absolute Gasteiger partial charge is 0.221 e. The molecular weight excluding hydrogens is 240 g/mol. The van der Waals surface area contributed by atoms with E-state index in [0.717, 1.165) is 17.0 Å². The molecule has 2 rings (SSSR count). The monoisotopic (exact) mass is 258 g/mol. The van der Waals surface area contributed by atoms with E-state index in [0.29, 0.717) is 5.82 Å². The maximum absolute atomic E-state index is 5.59. The lowest BCUT2D eigenvalue weighted by atomic mass is 10.2. The van der Waals surface area contributed by atoms with Gasteiger partial charge < -0.3 is 15.8 Å². The number of aromatic nitrogens is 2. The van der Waals surface area contributed by atoms with Crippen molar-refractivity contribution < 1.29 is 4.74 Å². The zero-order chi connectivity index (χ0) is 13.8. The largest absolute Gasteiger partial charge is 0.491 e. The van der Waals surface area contributed by atoms with E-state index in [1.54, 1.807) is 6.20 Å². The second-order valence-corrected chi connectivity index (χ2v) is 4.58. The first kappa shape index (κ1) is 13.1. The second-order valence-electron chi connectivity index (χ2n) is 4.58. The SMILES string of the molecule is Cc1cnc(N)nc1Nc1ccc(OC(C)C)cc1. The lowest BCUT2D eigenvalue weighted by Gasteiger charge is -2.11. The van der Waals surface area contributed by atoms with Gasteiger partial charge in [0.2, 0.25) is 5.95 Å². The van der Waals surface area contributed by atoms with E-state index in [9.17, 15) is 0 Å². The topological polar surface area (TPSA) is 73.1 Å². The summed E-state index contributed by atoms with van der Waals surface area (Å²) in [5.74, 6) is 1.82. The number of benzene rings is 1. The Morgan fingerprint density at radius 3 is 2.53 bits per heavy atom. The number of rotatable bonds is 4. The molecule has 3 N–H and O–H groups in total. The van der Waals surface area contributed by atoms with Gasteiger partial charge in [-0.1, -0.05) is 0 Å². The maximum atomic E-state index is 5.59. The summed E-state index contributed by atoms with van der Waals surface area (Å²) < 4.78 is 5.59. The number of nitrogens with one attached hydrogen (secondary N) is 1. The van der Waals surface area contributed by atoms with Gasteiger partial charge in [-0.3, -0.25) is 0 Å². The van der Waals surface area contributed by atoms with E-state index < -0.39 is 0 Å². The molecule has 0 spiro atoms. The highest BCUT2D eigenvalue weighted by atomic mass is 16.5. The number of nitrogen functional groups attached to an aromatic ring is 1. The Kier molecular flexibility index (Phi) is 3.85. The number of ether oxygens (including phenoxy) is 1. The molecule has 0 unspecified atom stereocenters. The molecule has 0 aliphatic carbocycles. The van der Waals surface area contributed by atoms with Gasteiger partial charge in [0.05, 0.1) is 6.10 Å². The van der Waals surface area contributed by atoms with Gasteiger partial charge in [0.15, 0.2) is 0 Å². The van der Waals surface area contributed by atoms with Crippen LogP contribution >= 0.6 is 0 Å². The van der Waals surface area contributed by atoms with Gasteiger partial charge in [-0.2, -0.15) is 4.98 Å². The average Bonchev–Trinajstić information content (AvgIpc) is 2.35.